The Morgan fingerprint density at radius 1 is 1.08 bits per heavy atom. The van der Waals surface area contributed by atoms with Gasteiger partial charge >= 0.3 is 0 Å². The number of amides is 1. The number of hydrogen-bond acceptors (Lipinski definition) is 4. The van der Waals surface area contributed by atoms with Crippen LogP contribution in [0.4, 0.5) is 0 Å². The molecule has 2 atom stereocenters. The summed E-state index contributed by atoms with van der Waals surface area (Å²) >= 11 is 1.82. The van der Waals surface area contributed by atoms with Crippen molar-refractivity contribution in [2.45, 2.75) is 58.9 Å². The first-order valence-electron chi connectivity index (χ1n) is 10.0. The second-order valence-corrected chi connectivity index (χ2v) is 9.63. The van der Waals surface area contributed by atoms with Crippen molar-refractivity contribution in [3.05, 3.63) is 15.6 Å². The molecule has 1 amide bonds. The Kier molecular flexibility index (Phi) is 5.14. The van der Waals surface area contributed by atoms with Gasteiger partial charge in [0.05, 0.1) is 10.7 Å². The summed E-state index contributed by atoms with van der Waals surface area (Å²) in [6.45, 7) is 9.39. The Morgan fingerprint density at radius 2 is 1.72 bits per heavy atom. The van der Waals surface area contributed by atoms with Crippen LogP contribution < -0.4 is 0 Å². The van der Waals surface area contributed by atoms with E-state index in [0.717, 1.165) is 62.4 Å². The van der Waals surface area contributed by atoms with Crippen LogP contribution in [-0.2, 0) is 11.3 Å². The second-order valence-electron chi connectivity index (χ2n) is 8.34. The first-order valence-corrected chi connectivity index (χ1v) is 10.9. The number of carbonyl (C=O) groups is 1. The lowest BCUT2D eigenvalue weighted by molar-refractivity contribution is -0.136. The van der Waals surface area contributed by atoms with E-state index in [1.165, 1.54) is 36.3 Å². The fourth-order valence-electron chi connectivity index (χ4n) is 5.11. The maximum Gasteiger partial charge on any atom is 0.225 e. The van der Waals surface area contributed by atoms with Crippen LogP contribution in [0.1, 0.15) is 54.1 Å². The highest BCUT2D eigenvalue weighted by Crippen LogP contribution is 2.37. The van der Waals surface area contributed by atoms with Gasteiger partial charge in [-0.1, -0.05) is 12.8 Å². The maximum absolute atomic E-state index is 13.0. The van der Waals surface area contributed by atoms with E-state index in [2.05, 4.69) is 28.6 Å². The van der Waals surface area contributed by atoms with Gasteiger partial charge < -0.3 is 4.90 Å². The van der Waals surface area contributed by atoms with E-state index in [9.17, 15) is 4.79 Å². The third-order valence-electron chi connectivity index (χ3n) is 6.59. The molecule has 5 heteroatoms. The van der Waals surface area contributed by atoms with Gasteiger partial charge in [0, 0.05) is 30.4 Å². The van der Waals surface area contributed by atoms with Gasteiger partial charge in [0.15, 0.2) is 0 Å². The summed E-state index contributed by atoms with van der Waals surface area (Å²) in [6, 6.07) is 0. The number of fused-ring (bicyclic) bond motifs is 1. The Balaban J connectivity index is 1.28. The standard InChI is InChI=1S/C20H31N3OS/c1-14-19(25-15(2)21-14)13-22-9-7-16(8-10-22)20(24)23-11-17-5-3-4-6-18(17)12-23/h16-18H,3-13H2,1-2H3. The number of nitrogens with zero attached hydrogens (tertiary/aromatic N) is 3. The fraction of sp³-hybridized carbons (Fsp3) is 0.800. The van der Waals surface area contributed by atoms with Crippen molar-refractivity contribution in [1.29, 1.82) is 0 Å². The number of aryl methyl sites for hydroxylation is 2. The number of aromatic nitrogens is 1. The molecule has 0 radical (unpaired) electrons. The zero-order valence-corrected chi connectivity index (χ0v) is 16.5. The first-order chi connectivity index (χ1) is 12.1. The van der Waals surface area contributed by atoms with Crippen LogP contribution in [-0.4, -0.2) is 46.9 Å². The topological polar surface area (TPSA) is 36.4 Å². The van der Waals surface area contributed by atoms with E-state index in [1.54, 1.807) is 0 Å². The van der Waals surface area contributed by atoms with Crippen molar-refractivity contribution in [3.63, 3.8) is 0 Å². The van der Waals surface area contributed by atoms with Crippen molar-refractivity contribution in [1.82, 2.24) is 14.8 Å². The van der Waals surface area contributed by atoms with Gasteiger partial charge in [-0.2, -0.15) is 0 Å². The summed E-state index contributed by atoms with van der Waals surface area (Å²) in [7, 11) is 0. The minimum atomic E-state index is 0.265. The molecule has 2 aliphatic heterocycles. The molecule has 3 aliphatic rings. The molecule has 3 fully saturated rings. The Morgan fingerprint density at radius 3 is 2.28 bits per heavy atom. The largest absolute Gasteiger partial charge is 0.342 e. The molecule has 0 aromatic carbocycles. The summed E-state index contributed by atoms with van der Waals surface area (Å²) in [5, 5.41) is 1.16. The normalized spacial score (nSPS) is 28.3. The number of likely N-dealkylation sites (tertiary alicyclic amines) is 2. The average molecular weight is 362 g/mol. The van der Waals surface area contributed by atoms with Crippen LogP contribution in [0, 0.1) is 31.6 Å². The molecule has 4 nitrogen and oxygen atoms in total. The Bertz CT molecular complexity index is 606. The molecule has 2 saturated heterocycles. The van der Waals surface area contributed by atoms with Gasteiger partial charge in [-0.3, -0.25) is 9.69 Å². The van der Waals surface area contributed by atoms with Crippen LogP contribution in [0.2, 0.25) is 0 Å². The van der Waals surface area contributed by atoms with Gasteiger partial charge in [-0.15, -0.1) is 11.3 Å². The van der Waals surface area contributed by atoms with E-state index >= 15 is 0 Å². The quantitative estimate of drug-likeness (QED) is 0.825. The second kappa shape index (κ2) is 7.36. The molecule has 1 aliphatic carbocycles. The van der Waals surface area contributed by atoms with Crippen molar-refractivity contribution < 1.29 is 4.79 Å². The molecule has 25 heavy (non-hydrogen) atoms. The van der Waals surface area contributed by atoms with Crippen LogP contribution in [0.15, 0.2) is 0 Å². The van der Waals surface area contributed by atoms with Crippen LogP contribution in [0.25, 0.3) is 0 Å². The zero-order chi connectivity index (χ0) is 17.4. The lowest BCUT2D eigenvalue weighted by Crippen LogP contribution is -2.41. The summed E-state index contributed by atoms with van der Waals surface area (Å²) in [5.74, 6) is 2.32. The minimum Gasteiger partial charge on any atom is -0.342 e. The fourth-order valence-corrected chi connectivity index (χ4v) is 6.08. The van der Waals surface area contributed by atoms with Crippen molar-refractivity contribution >= 4 is 17.2 Å². The molecule has 3 heterocycles. The molecular weight excluding hydrogens is 330 g/mol. The molecule has 0 N–H and O–H groups in total. The number of rotatable bonds is 3. The molecule has 138 valence electrons. The van der Waals surface area contributed by atoms with Gasteiger partial charge in [0.1, 0.15) is 0 Å². The number of carbonyl (C=O) groups excluding carboxylic acids is 1. The first kappa shape index (κ1) is 17.5. The van der Waals surface area contributed by atoms with Gasteiger partial charge in [0.2, 0.25) is 5.91 Å². The predicted octanol–water partition coefficient (Wildman–Crippen LogP) is 3.62. The van der Waals surface area contributed by atoms with Crippen molar-refractivity contribution in [3.8, 4) is 0 Å². The average Bonchev–Trinajstić information content (AvgIpc) is 3.18. The highest BCUT2D eigenvalue weighted by atomic mass is 32.1. The maximum atomic E-state index is 13.0. The van der Waals surface area contributed by atoms with E-state index in [0.29, 0.717) is 5.91 Å². The Hall–Kier alpha value is -0.940. The number of thiazole rings is 1. The van der Waals surface area contributed by atoms with Crippen molar-refractivity contribution in [2.75, 3.05) is 26.2 Å². The highest BCUT2D eigenvalue weighted by molar-refractivity contribution is 7.11. The third kappa shape index (κ3) is 3.77. The van der Waals surface area contributed by atoms with Crippen LogP contribution in [0.5, 0.6) is 0 Å². The molecule has 1 aromatic heterocycles. The summed E-state index contributed by atoms with van der Waals surface area (Å²) < 4.78 is 0. The summed E-state index contributed by atoms with van der Waals surface area (Å²) in [5.41, 5.74) is 1.18. The van der Waals surface area contributed by atoms with Gasteiger partial charge in [-0.05, 0) is 64.5 Å². The third-order valence-corrected chi connectivity index (χ3v) is 7.65. The minimum absolute atomic E-state index is 0.265. The molecular formula is C20H31N3OS. The molecule has 1 aromatic rings. The smallest absolute Gasteiger partial charge is 0.225 e. The van der Waals surface area contributed by atoms with E-state index in [-0.39, 0.29) is 5.92 Å². The van der Waals surface area contributed by atoms with E-state index in [1.807, 2.05) is 11.3 Å². The van der Waals surface area contributed by atoms with E-state index < -0.39 is 0 Å². The summed E-state index contributed by atoms with van der Waals surface area (Å²) in [4.78, 5) is 23.6. The predicted molar refractivity (Wildman–Crippen MR) is 102 cm³/mol. The van der Waals surface area contributed by atoms with Crippen molar-refractivity contribution in [2.24, 2.45) is 17.8 Å². The highest BCUT2D eigenvalue weighted by Gasteiger charge is 2.38. The zero-order valence-electron chi connectivity index (χ0n) is 15.7. The SMILES string of the molecule is Cc1nc(C)c(CN2CCC(C(=O)N3CC4CCCCC4C3)CC2)s1. The van der Waals surface area contributed by atoms with Crippen LogP contribution in [0.3, 0.4) is 0 Å². The lowest BCUT2D eigenvalue weighted by atomic mass is 9.82. The van der Waals surface area contributed by atoms with Crippen LogP contribution >= 0.6 is 11.3 Å². The molecule has 4 rings (SSSR count). The summed E-state index contributed by atoms with van der Waals surface area (Å²) in [6.07, 6.45) is 7.50. The molecule has 2 unspecified atom stereocenters. The number of hydrogen-bond donors (Lipinski definition) is 0. The van der Waals surface area contributed by atoms with Gasteiger partial charge in [-0.25, -0.2) is 4.98 Å². The molecule has 0 spiro atoms. The van der Waals surface area contributed by atoms with E-state index in [4.69, 9.17) is 0 Å². The lowest BCUT2D eigenvalue weighted by Gasteiger charge is -2.33. The molecule has 1 saturated carbocycles. The Labute approximate surface area is 155 Å². The molecule has 0 bridgehead atoms. The van der Waals surface area contributed by atoms with Gasteiger partial charge in [0.25, 0.3) is 0 Å². The monoisotopic (exact) mass is 361 g/mol. The number of piperidine rings is 1.